The minimum Gasteiger partial charge on any atom is -0.472 e. The van der Waals surface area contributed by atoms with Gasteiger partial charge in [0, 0.05) is 44.8 Å². The van der Waals surface area contributed by atoms with E-state index in [2.05, 4.69) is 25.1 Å². The average molecular weight is 542 g/mol. The molecule has 0 bridgehead atoms. The van der Waals surface area contributed by atoms with Crippen LogP contribution in [0.2, 0.25) is 0 Å². The lowest BCUT2D eigenvalue weighted by atomic mass is 10.00. The van der Waals surface area contributed by atoms with E-state index in [9.17, 15) is 18.0 Å². The second-order valence-corrected chi connectivity index (χ2v) is 11.1. The van der Waals surface area contributed by atoms with Crippen molar-refractivity contribution >= 4 is 27.8 Å². The highest BCUT2D eigenvalue weighted by Crippen LogP contribution is 2.30. The maximum atomic E-state index is 13.0. The Balaban J connectivity index is 1.62. The van der Waals surface area contributed by atoms with Gasteiger partial charge in [0.25, 0.3) is 10.0 Å². The van der Waals surface area contributed by atoms with Crippen molar-refractivity contribution in [2.45, 2.75) is 51.2 Å². The van der Waals surface area contributed by atoms with Crippen molar-refractivity contribution < 1.29 is 22.7 Å². The fraction of sp³-hybridized carbons (Fsp3) is 0.400. The Bertz CT molecular complexity index is 1450. The third-order valence-electron chi connectivity index (χ3n) is 6.19. The first kappa shape index (κ1) is 27.0. The lowest BCUT2D eigenvalue weighted by molar-refractivity contribution is -0.134. The number of rotatable bonds is 8. The molecule has 3 heterocycles. The number of nitrogens with zero attached hydrogens (tertiary/aromatic N) is 5. The van der Waals surface area contributed by atoms with Gasteiger partial charge in [-0.3, -0.25) is 14.3 Å². The summed E-state index contributed by atoms with van der Waals surface area (Å²) in [5.41, 5.74) is 3.26. The summed E-state index contributed by atoms with van der Waals surface area (Å²) in [4.78, 5) is 34.4. The van der Waals surface area contributed by atoms with Crippen LogP contribution in [-0.4, -0.2) is 70.1 Å². The summed E-state index contributed by atoms with van der Waals surface area (Å²) in [6.07, 6.45) is 2.80. The van der Waals surface area contributed by atoms with Crippen molar-refractivity contribution in [3.63, 3.8) is 0 Å². The number of carbonyl (C=O) groups excluding carboxylic acids is 2. The highest BCUT2D eigenvalue weighted by Gasteiger charge is 2.31. The second kappa shape index (κ2) is 10.8. The molecule has 1 aliphatic heterocycles. The van der Waals surface area contributed by atoms with Crippen molar-refractivity contribution in [1.82, 2.24) is 30.0 Å². The maximum absolute atomic E-state index is 13.0. The van der Waals surface area contributed by atoms with E-state index in [0.717, 1.165) is 16.7 Å². The highest BCUT2D eigenvalue weighted by atomic mass is 32.2. The van der Waals surface area contributed by atoms with Crippen LogP contribution in [0, 0.1) is 13.8 Å². The molecule has 0 saturated carbocycles. The van der Waals surface area contributed by atoms with Crippen molar-refractivity contribution in [3.8, 4) is 17.1 Å². The molecule has 4 rings (SSSR count). The molecular formula is C25H31N7O5S. The Kier molecular flexibility index (Phi) is 7.67. The van der Waals surface area contributed by atoms with E-state index in [1.165, 1.54) is 24.0 Å². The summed E-state index contributed by atoms with van der Waals surface area (Å²) in [5, 5.41) is 6.53. The molecule has 38 heavy (non-hydrogen) atoms. The molecule has 3 aromatic rings. The van der Waals surface area contributed by atoms with Crippen LogP contribution >= 0.6 is 0 Å². The van der Waals surface area contributed by atoms with Gasteiger partial charge in [-0.2, -0.15) is 10.1 Å². The SMILES string of the molecule is CC(=O)N[C@@H](C)C(=O)N1CCC(Oc2cc(-c3c(C)cccc3C)nc(NS(=O)(=O)c3cnn(C)c3)n2)C1. The topological polar surface area (TPSA) is 148 Å². The van der Waals surface area contributed by atoms with Gasteiger partial charge in [0.1, 0.15) is 17.0 Å². The lowest BCUT2D eigenvalue weighted by Gasteiger charge is -2.21. The minimum atomic E-state index is -4.00. The third kappa shape index (κ3) is 6.10. The number of likely N-dealkylation sites (tertiary alicyclic amines) is 1. The fourth-order valence-corrected chi connectivity index (χ4v) is 5.36. The van der Waals surface area contributed by atoms with E-state index in [1.54, 1.807) is 24.9 Å². The van der Waals surface area contributed by atoms with Crippen LogP contribution in [-0.2, 0) is 26.7 Å². The minimum absolute atomic E-state index is 0.0261. The Morgan fingerprint density at radius 1 is 1.18 bits per heavy atom. The summed E-state index contributed by atoms with van der Waals surface area (Å²) < 4.78 is 35.9. The molecule has 0 radical (unpaired) electrons. The van der Waals surface area contributed by atoms with Gasteiger partial charge in [-0.25, -0.2) is 18.1 Å². The third-order valence-corrected chi connectivity index (χ3v) is 7.47. The van der Waals surface area contributed by atoms with E-state index in [1.807, 2.05) is 32.0 Å². The standard InChI is InChI=1S/C25H31N7O5S/c1-15-7-6-8-16(2)23(15)21-11-22(29-25(28-21)30-38(35,36)20-12-26-31(5)14-20)37-19-9-10-32(13-19)24(34)17(3)27-18(4)33/h6-8,11-12,14,17,19H,9-10,13H2,1-5H3,(H,27,33)(H,28,29,30)/t17-,19?/m0/s1. The van der Waals surface area contributed by atoms with E-state index >= 15 is 0 Å². The zero-order chi connectivity index (χ0) is 27.6. The first-order valence-electron chi connectivity index (χ1n) is 12.1. The van der Waals surface area contributed by atoms with Gasteiger partial charge in [0.05, 0.1) is 18.4 Å². The number of amides is 2. The number of benzene rings is 1. The summed E-state index contributed by atoms with van der Waals surface area (Å²) >= 11 is 0. The van der Waals surface area contributed by atoms with Crippen molar-refractivity contribution in [3.05, 3.63) is 47.8 Å². The van der Waals surface area contributed by atoms with E-state index in [0.29, 0.717) is 25.2 Å². The molecule has 0 spiro atoms. The van der Waals surface area contributed by atoms with Gasteiger partial charge in [0.15, 0.2) is 0 Å². The number of hydrogen-bond donors (Lipinski definition) is 2. The van der Waals surface area contributed by atoms with Gasteiger partial charge in [0.2, 0.25) is 23.6 Å². The average Bonchev–Trinajstić information content (AvgIpc) is 3.47. The summed E-state index contributed by atoms with van der Waals surface area (Å²) in [5.74, 6) is -0.445. The normalized spacial score (nSPS) is 16.2. The molecule has 2 N–H and O–H groups in total. The Morgan fingerprint density at radius 2 is 1.89 bits per heavy atom. The molecule has 12 nitrogen and oxygen atoms in total. The summed E-state index contributed by atoms with van der Waals surface area (Å²) in [7, 11) is -2.38. The van der Waals surface area contributed by atoms with Crippen LogP contribution in [0.25, 0.3) is 11.3 Å². The van der Waals surface area contributed by atoms with E-state index in [-0.39, 0.29) is 34.6 Å². The molecule has 1 aromatic carbocycles. The van der Waals surface area contributed by atoms with Crippen LogP contribution in [0.4, 0.5) is 5.95 Å². The first-order chi connectivity index (χ1) is 17.9. The van der Waals surface area contributed by atoms with E-state index in [4.69, 9.17) is 4.74 Å². The first-order valence-corrected chi connectivity index (χ1v) is 13.6. The monoisotopic (exact) mass is 541 g/mol. The number of sulfonamides is 1. The molecule has 1 unspecified atom stereocenters. The fourth-order valence-electron chi connectivity index (χ4n) is 4.43. The summed E-state index contributed by atoms with van der Waals surface area (Å²) in [6.45, 7) is 7.66. The maximum Gasteiger partial charge on any atom is 0.267 e. The molecule has 1 saturated heterocycles. The zero-order valence-corrected chi connectivity index (χ0v) is 22.7. The van der Waals surface area contributed by atoms with Crippen LogP contribution in [0.3, 0.4) is 0 Å². The van der Waals surface area contributed by atoms with Gasteiger partial charge >= 0.3 is 0 Å². The number of ether oxygens (including phenoxy) is 1. The number of aryl methyl sites for hydroxylation is 3. The molecular weight excluding hydrogens is 510 g/mol. The smallest absolute Gasteiger partial charge is 0.267 e. The predicted octanol–water partition coefficient (Wildman–Crippen LogP) is 1.80. The highest BCUT2D eigenvalue weighted by molar-refractivity contribution is 7.92. The van der Waals surface area contributed by atoms with Gasteiger partial charge in [-0.15, -0.1) is 0 Å². The number of carbonyl (C=O) groups is 2. The molecule has 2 atom stereocenters. The summed E-state index contributed by atoms with van der Waals surface area (Å²) in [6, 6.07) is 6.85. The Morgan fingerprint density at radius 3 is 2.53 bits per heavy atom. The molecule has 2 amide bonds. The number of nitrogens with one attached hydrogen (secondary N) is 2. The van der Waals surface area contributed by atoms with Crippen LogP contribution in [0.15, 0.2) is 41.6 Å². The molecule has 13 heteroatoms. The molecule has 1 fully saturated rings. The van der Waals surface area contributed by atoms with Gasteiger partial charge in [-0.05, 0) is 31.9 Å². The van der Waals surface area contributed by atoms with Crippen LogP contribution < -0.4 is 14.8 Å². The van der Waals surface area contributed by atoms with Crippen molar-refractivity contribution in [2.75, 3.05) is 17.8 Å². The Hall–Kier alpha value is -4.00. The van der Waals surface area contributed by atoms with Crippen molar-refractivity contribution in [2.24, 2.45) is 7.05 Å². The lowest BCUT2D eigenvalue weighted by Crippen LogP contribution is -2.45. The molecule has 2 aromatic heterocycles. The number of aromatic nitrogens is 4. The van der Waals surface area contributed by atoms with Crippen molar-refractivity contribution in [1.29, 1.82) is 0 Å². The predicted molar refractivity (Wildman–Crippen MR) is 140 cm³/mol. The van der Waals surface area contributed by atoms with Crippen LogP contribution in [0.1, 0.15) is 31.4 Å². The zero-order valence-electron chi connectivity index (χ0n) is 21.9. The van der Waals surface area contributed by atoms with Crippen LogP contribution in [0.5, 0.6) is 5.88 Å². The molecule has 202 valence electrons. The molecule has 1 aliphatic rings. The quantitative estimate of drug-likeness (QED) is 0.439. The van der Waals surface area contributed by atoms with E-state index < -0.39 is 16.1 Å². The Labute approximate surface area is 221 Å². The number of anilines is 1. The molecule has 0 aliphatic carbocycles. The largest absolute Gasteiger partial charge is 0.472 e. The van der Waals surface area contributed by atoms with Gasteiger partial charge in [-0.1, -0.05) is 18.2 Å². The van der Waals surface area contributed by atoms with Gasteiger partial charge < -0.3 is 15.0 Å². The number of hydrogen-bond acceptors (Lipinski definition) is 8. The second-order valence-electron chi connectivity index (χ2n) is 9.37.